The molecule has 0 aliphatic rings. The lowest BCUT2D eigenvalue weighted by Crippen LogP contribution is -2.13. The van der Waals surface area contributed by atoms with Crippen LogP contribution in [0.1, 0.15) is 15.8 Å². The zero-order chi connectivity index (χ0) is 12.3. The first-order valence-corrected chi connectivity index (χ1v) is 6.20. The number of thiophene rings is 1. The molecule has 90 valence electrons. The summed E-state index contributed by atoms with van der Waals surface area (Å²) >= 11 is 1.65. The molecule has 0 amide bonds. The van der Waals surface area contributed by atoms with Gasteiger partial charge in [-0.1, -0.05) is 0 Å². The van der Waals surface area contributed by atoms with Gasteiger partial charge >= 0.3 is 0 Å². The second-order valence-corrected chi connectivity index (χ2v) is 5.15. The SMILES string of the molecule is Cc1ccc(C(CO)Nc2ccc(F)cc2)s1. The van der Waals surface area contributed by atoms with Gasteiger partial charge in [0.2, 0.25) is 0 Å². The highest BCUT2D eigenvalue weighted by atomic mass is 32.1. The molecule has 2 N–H and O–H groups in total. The zero-order valence-electron chi connectivity index (χ0n) is 9.48. The van der Waals surface area contributed by atoms with Gasteiger partial charge in [0.05, 0.1) is 12.6 Å². The first-order chi connectivity index (χ1) is 8.19. The van der Waals surface area contributed by atoms with Crippen molar-refractivity contribution < 1.29 is 9.50 Å². The molecule has 17 heavy (non-hydrogen) atoms. The predicted molar refractivity (Wildman–Crippen MR) is 68.9 cm³/mol. The van der Waals surface area contributed by atoms with Gasteiger partial charge < -0.3 is 10.4 Å². The summed E-state index contributed by atoms with van der Waals surface area (Å²) in [7, 11) is 0. The molecule has 0 saturated carbocycles. The van der Waals surface area contributed by atoms with Crippen molar-refractivity contribution in [2.45, 2.75) is 13.0 Å². The fourth-order valence-electron chi connectivity index (χ4n) is 1.59. The minimum atomic E-state index is -0.261. The van der Waals surface area contributed by atoms with Crippen LogP contribution in [-0.2, 0) is 0 Å². The Morgan fingerprint density at radius 3 is 2.47 bits per heavy atom. The molecule has 0 radical (unpaired) electrons. The maximum atomic E-state index is 12.8. The van der Waals surface area contributed by atoms with Crippen LogP contribution in [0.4, 0.5) is 10.1 Å². The minimum absolute atomic E-state index is 0.0112. The van der Waals surface area contributed by atoms with E-state index in [-0.39, 0.29) is 18.5 Å². The van der Waals surface area contributed by atoms with Crippen molar-refractivity contribution in [1.29, 1.82) is 0 Å². The summed E-state index contributed by atoms with van der Waals surface area (Å²) in [4.78, 5) is 2.29. The van der Waals surface area contributed by atoms with Crippen LogP contribution in [0.25, 0.3) is 0 Å². The van der Waals surface area contributed by atoms with E-state index < -0.39 is 0 Å². The Hall–Kier alpha value is -1.39. The van der Waals surface area contributed by atoms with Gasteiger partial charge in [-0.25, -0.2) is 4.39 Å². The summed E-state index contributed by atoms with van der Waals surface area (Å²) in [5.41, 5.74) is 0.802. The Labute approximate surface area is 104 Å². The second-order valence-electron chi connectivity index (χ2n) is 3.83. The Balaban J connectivity index is 2.12. The van der Waals surface area contributed by atoms with Crippen LogP contribution < -0.4 is 5.32 Å². The standard InChI is InChI=1S/C13H14FNOS/c1-9-2-7-13(17-9)12(8-16)15-11-5-3-10(14)4-6-11/h2-7,12,15-16H,8H2,1H3. The van der Waals surface area contributed by atoms with E-state index in [1.807, 2.05) is 19.1 Å². The Morgan fingerprint density at radius 1 is 1.24 bits per heavy atom. The molecule has 0 aliphatic heterocycles. The number of hydrogen-bond donors (Lipinski definition) is 2. The fourth-order valence-corrected chi connectivity index (χ4v) is 2.51. The molecular formula is C13H14FNOS. The Morgan fingerprint density at radius 2 is 1.94 bits per heavy atom. The van der Waals surface area contributed by atoms with E-state index in [2.05, 4.69) is 5.32 Å². The molecule has 2 rings (SSSR count). The number of benzene rings is 1. The van der Waals surface area contributed by atoms with Crippen molar-refractivity contribution in [3.63, 3.8) is 0 Å². The second kappa shape index (κ2) is 5.29. The Bertz CT molecular complexity index is 480. The van der Waals surface area contributed by atoms with E-state index in [4.69, 9.17) is 0 Å². The first-order valence-electron chi connectivity index (χ1n) is 5.38. The van der Waals surface area contributed by atoms with Gasteiger partial charge in [0.15, 0.2) is 0 Å². The lowest BCUT2D eigenvalue weighted by Gasteiger charge is -2.16. The summed E-state index contributed by atoms with van der Waals surface area (Å²) in [6.45, 7) is 2.04. The topological polar surface area (TPSA) is 32.3 Å². The van der Waals surface area contributed by atoms with Gasteiger partial charge in [0.25, 0.3) is 0 Å². The highest BCUT2D eigenvalue weighted by Crippen LogP contribution is 2.25. The number of rotatable bonds is 4. The number of nitrogens with one attached hydrogen (secondary N) is 1. The average molecular weight is 251 g/mol. The molecular weight excluding hydrogens is 237 g/mol. The third kappa shape index (κ3) is 3.05. The van der Waals surface area contributed by atoms with Crippen LogP contribution >= 0.6 is 11.3 Å². The van der Waals surface area contributed by atoms with Gasteiger partial charge in [-0.2, -0.15) is 0 Å². The molecule has 4 heteroatoms. The third-order valence-corrected chi connectivity index (χ3v) is 3.59. The van der Waals surface area contributed by atoms with Crippen LogP contribution in [-0.4, -0.2) is 11.7 Å². The van der Waals surface area contributed by atoms with E-state index >= 15 is 0 Å². The van der Waals surface area contributed by atoms with Crippen molar-refractivity contribution in [3.05, 3.63) is 52.0 Å². The smallest absolute Gasteiger partial charge is 0.123 e. The largest absolute Gasteiger partial charge is 0.394 e. The summed E-state index contributed by atoms with van der Waals surface area (Å²) in [5.74, 6) is -0.261. The summed E-state index contributed by atoms with van der Waals surface area (Å²) in [6.07, 6.45) is 0. The van der Waals surface area contributed by atoms with Crippen molar-refractivity contribution in [1.82, 2.24) is 0 Å². The molecule has 2 aromatic rings. The van der Waals surface area contributed by atoms with E-state index in [0.717, 1.165) is 10.6 Å². The van der Waals surface area contributed by atoms with Crippen molar-refractivity contribution in [2.24, 2.45) is 0 Å². The van der Waals surface area contributed by atoms with Crippen molar-refractivity contribution in [3.8, 4) is 0 Å². The molecule has 0 aliphatic carbocycles. The van der Waals surface area contributed by atoms with E-state index in [1.54, 1.807) is 23.5 Å². The lowest BCUT2D eigenvalue weighted by molar-refractivity contribution is 0.278. The molecule has 2 nitrogen and oxygen atoms in total. The summed E-state index contributed by atoms with van der Waals surface area (Å²) < 4.78 is 12.8. The number of aryl methyl sites for hydroxylation is 1. The van der Waals surface area contributed by atoms with E-state index in [1.165, 1.54) is 17.0 Å². The first kappa shape index (κ1) is 12.1. The Kier molecular flexibility index (Phi) is 3.76. The van der Waals surface area contributed by atoms with Crippen molar-refractivity contribution in [2.75, 3.05) is 11.9 Å². The zero-order valence-corrected chi connectivity index (χ0v) is 10.3. The highest BCUT2D eigenvalue weighted by Gasteiger charge is 2.11. The molecule has 0 fully saturated rings. The summed E-state index contributed by atoms with van der Waals surface area (Å²) in [6, 6.07) is 10.0. The molecule has 1 atom stereocenters. The van der Waals surface area contributed by atoms with Gasteiger partial charge in [-0.05, 0) is 43.3 Å². The molecule has 1 aromatic heterocycles. The van der Waals surface area contributed by atoms with Crippen LogP contribution in [0.3, 0.4) is 0 Å². The predicted octanol–water partition coefficient (Wildman–Crippen LogP) is 3.34. The number of hydrogen-bond acceptors (Lipinski definition) is 3. The van der Waals surface area contributed by atoms with E-state index in [0.29, 0.717) is 0 Å². The van der Waals surface area contributed by atoms with Crippen LogP contribution in [0.2, 0.25) is 0 Å². The fraction of sp³-hybridized carbons (Fsp3) is 0.231. The quantitative estimate of drug-likeness (QED) is 0.873. The molecule has 1 aromatic carbocycles. The van der Waals surface area contributed by atoms with Crippen LogP contribution in [0.5, 0.6) is 0 Å². The monoisotopic (exact) mass is 251 g/mol. The average Bonchev–Trinajstić information content (AvgIpc) is 2.75. The van der Waals surface area contributed by atoms with Gasteiger partial charge in [-0.3, -0.25) is 0 Å². The number of halogens is 1. The van der Waals surface area contributed by atoms with Crippen LogP contribution in [0, 0.1) is 12.7 Å². The molecule has 1 unspecified atom stereocenters. The summed E-state index contributed by atoms with van der Waals surface area (Å²) in [5, 5.41) is 12.6. The molecule has 0 saturated heterocycles. The van der Waals surface area contributed by atoms with Crippen LogP contribution in [0.15, 0.2) is 36.4 Å². The van der Waals surface area contributed by atoms with Gasteiger partial charge in [0, 0.05) is 15.4 Å². The normalized spacial score (nSPS) is 12.4. The highest BCUT2D eigenvalue weighted by molar-refractivity contribution is 7.12. The van der Waals surface area contributed by atoms with Gasteiger partial charge in [-0.15, -0.1) is 11.3 Å². The molecule has 0 bridgehead atoms. The lowest BCUT2D eigenvalue weighted by atomic mass is 10.2. The number of anilines is 1. The third-order valence-electron chi connectivity index (χ3n) is 2.47. The van der Waals surface area contributed by atoms with E-state index in [9.17, 15) is 9.50 Å². The number of aliphatic hydroxyl groups excluding tert-OH is 1. The molecule has 1 heterocycles. The maximum absolute atomic E-state index is 12.8. The number of aliphatic hydroxyl groups is 1. The molecule has 0 spiro atoms. The minimum Gasteiger partial charge on any atom is -0.394 e. The van der Waals surface area contributed by atoms with Gasteiger partial charge in [0.1, 0.15) is 5.82 Å². The maximum Gasteiger partial charge on any atom is 0.123 e. The van der Waals surface area contributed by atoms with Crippen molar-refractivity contribution >= 4 is 17.0 Å².